The van der Waals surface area contributed by atoms with Gasteiger partial charge in [0.2, 0.25) is 0 Å². The van der Waals surface area contributed by atoms with Gasteiger partial charge < -0.3 is 19.5 Å². The molecule has 1 aliphatic heterocycles. The van der Waals surface area contributed by atoms with E-state index in [0.717, 1.165) is 67.3 Å². The number of halogens is 2. The number of nitrogens with zero attached hydrogens (tertiary/aromatic N) is 3. The lowest BCUT2D eigenvalue weighted by molar-refractivity contribution is 0.145. The molecule has 2 aromatic carbocycles. The molecule has 5 nitrogen and oxygen atoms in total. The minimum absolute atomic E-state index is 0.613. The van der Waals surface area contributed by atoms with Gasteiger partial charge in [-0.15, -0.1) is 0 Å². The number of piperazine rings is 1. The topological polar surface area (TPSA) is 44.4 Å². The molecule has 1 saturated heterocycles. The summed E-state index contributed by atoms with van der Waals surface area (Å²) in [5.41, 5.74) is 2.60. The summed E-state index contributed by atoms with van der Waals surface area (Å²) in [5.74, 6) is 1.51. The van der Waals surface area contributed by atoms with Crippen LogP contribution >= 0.6 is 23.2 Å². The second-order valence-electron chi connectivity index (χ2n) is 7.24. The summed E-state index contributed by atoms with van der Waals surface area (Å²) in [4.78, 5) is 12.7. The van der Waals surface area contributed by atoms with Gasteiger partial charge in [0.25, 0.3) is 0 Å². The van der Waals surface area contributed by atoms with Crippen LogP contribution in [-0.2, 0) is 0 Å². The fraction of sp³-hybridized carbons (Fsp3) is 0.381. The quantitative estimate of drug-likeness (QED) is 0.596. The molecule has 2 heterocycles. The van der Waals surface area contributed by atoms with Crippen molar-refractivity contribution < 1.29 is 4.74 Å². The molecule has 1 aromatic heterocycles. The second kappa shape index (κ2) is 8.70. The van der Waals surface area contributed by atoms with Crippen LogP contribution in [0, 0.1) is 0 Å². The highest BCUT2D eigenvalue weighted by Crippen LogP contribution is 2.31. The smallest absolute Gasteiger partial charge is 0.140 e. The van der Waals surface area contributed by atoms with Crippen molar-refractivity contribution in [2.45, 2.75) is 6.42 Å². The Morgan fingerprint density at radius 3 is 2.68 bits per heavy atom. The van der Waals surface area contributed by atoms with Crippen LogP contribution < -0.4 is 4.74 Å². The summed E-state index contributed by atoms with van der Waals surface area (Å²) in [6, 6.07) is 11.3. The minimum atomic E-state index is 0.613. The molecule has 0 spiro atoms. The predicted molar refractivity (Wildman–Crippen MR) is 116 cm³/mol. The lowest BCUT2D eigenvalue weighted by atomic mass is 10.2. The number of nitrogens with one attached hydrogen (secondary N) is 1. The third-order valence-corrected chi connectivity index (χ3v) is 5.67. The van der Waals surface area contributed by atoms with Gasteiger partial charge in [-0.05, 0) is 49.9 Å². The van der Waals surface area contributed by atoms with E-state index in [2.05, 4.69) is 26.8 Å². The van der Waals surface area contributed by atoms with Crippen LogP contribution in [0.4, 0.5) is 0 Å². The van der Waals surface area contributed by atoms with Crippen molar-refractivity contribution in [3.63, 3.8) is 0 Å². The minimum Gasteiger partial charge on any atom is -0.493 e. The van der Waals surface area contributed by atoms with Gasteiger partial charge in [0, 0.05) is 43.3 Å². The van der Waals surface area contributed by atoms with Crippen molar-refractivity contribution in [3.05, 3.63) is 46.4 Å². The van der Waals surface area contributed by atoms with Gasteiger partial charge in [-0.1, -0.05) is 23.2 Å². The maximum atomic E-state index is 6.49. The van der Waals surface area contributed by atoms with Gasteiger partial charge in [-0.3, -0.25) is 0 Å². The van der Waals surface area contributed by atoms with E-state index >= 15 is 0 Å². The molecule has 3 aromatic rings. The highest BCUT2D eigenvalue weighted by atomic mass is 35.5. The molecule has 0 aliphatic carbocycles. The van der Waals surface area contributed by atoms with E-state index in [1.54, 1.807) is 0 Å². The Morgan fingerprint density at radius 1 is 1.07 bits per heavy atom. The Labute approximate surface area is 175 Å². The number of likely N-dealkylation sites (N-methyl/N-ethyl adjacent to an activating group) is 1. The van der Waals surface area contributed by atoms with Crippen LogP contribution in [0.5, 0.6) is 5.75 Å². The van der Waals surface area contributed by atoms with E-state index in [1.165, 1.54) is 0 Å². The average Bonchev–Trinajstić information content (AvgIpc) is 3.09. The molecule has 0 radical (unpaired) electrons. The fourth-order valence-electron chi connectivity index (χ4n) is 3.43. The number of fused-ring (bicyclic) bond motifs is 1. The van der Waals surface area contributed by atoms with Crippen molar-refractivity contribution in [2.24, 2.45) is 0 Å². The number of hydrogen-bond donors (Lipinski definition) is 1. The molecule has 0 unspecified atom stereocenters. The zero-order valence-corrected chi connectivity index (χ0v) is 17.4. The average molecular weight is 419 g/mol. The van der Waals surface area contributed by atoms with Crippen LogP contribution in [0.1, 0.15) is 6.42 Å². The molecular weight excluding hydrogens is 395 g/mol. The van der Waals surface area contributed by atoms with E-state index in [9.17, 15) is 0 Å². The van der Waals surface area contributed by atoms with Crippen molar-refractivity contribution >= 4 is 34.2 Å². The highest BCUT2D eigenvalue weighted by molar-refractivity contribution is 6.33. The molecule has 1 N–H and O–H groups in total. The third kappa shape index (κ3) is 4.61. The summed E-state index contributed by atoms with van der Waals surface area (Å²) >= 11 is 12.5. The van der Waals surface area contributed by atoms with E-state index < -0.39 is 0 Å². The van der Waals surface area contributed by atoms with Gasteiger partial charge in [-0.25, -0.2) is 4.98 Å². The molecule has 0 bridgehead atoms. The monoisotopic (exact) mass is 418 g/mol. The summed E-state index contributed by atoms with van der Waals surface area (Å²) in [7, 11) is 2.17. The molecule has 4 rings (SSSR count). The number of H-pyrrole nitrogens is 1. The third-order valence-electron chi connectivity index (χ3n) is 5.12. The fourth-order valence-corrected chi connectivity index (χ4v) is 3.86. The summed E-state index contributed by atoms with van der Waals surface area (Å²) < 4.78 is 5.89. The van der Waals surface area contributed by atoms with Gasteiger partial charge in [0.05, 0.1) is 22.7 Å². The molecule has 0 amide bonds. The van der Waals surface area contributed by atoms with Crippen LogP contribution in [0.2, 0.25) is 10.0 Å². The zero-order valence-electron chi connectivity index (χ0n) is 15.9. The molecule has 0 atom stereocenters. The number of aromatic amines is 1. The van der Waals surface area contributed by atoms with Crippen molar-refractivity contribution in [2.75, 3.05) is 46.4 Å². The first-order chi connectivity index (χ1) is 13.6. The van der Waals surface area contributed by atoms with Crippen molar-refractivity contribution in [1.82, 2.24) is 19.8 Å². The molecule has 1 aliphatic rings. The first kappa shape index (κ1) is 19.5. The number of rotatable bonds is 6. The molecule has 148 valence electrons. The van der Waals surface area contributed by atoms with Crippen molar-refractivity contribution in [1.29, 1.82) is 0 Å². The number of hydrogen-bond acceptors (Lipinski definition) is 4. The summed E-state index contributed by atoms with van der Waals surface area (Å²) in [6.45, 7) is 6.32. The summed E-state index contributed by atoms with van der Waals surface area (Å²) in [6.07, 6.45) is 1.01. The van der Waals surface area contributed by atoms with Crippen molar-refractivity contribution in [3.8, 4) is 17.1 Å². The van der Waals surface area contributed by atoms with Crippen LogP contribution in [0.15, 0.2) is 36.4 Å². The normalized spacial score (nSPS) is 16.0. The van der Waals surface area contributed by atoms with Gasteiger partial charge >= 0.3 is 0 Å². The maximum absolute atomic E-state index is 6.49. The number of ether oxygens (including phenoxy) is 1. The Balaban J connectivity index is 1.34. The lowest BCUT2D eigenvalue weighted by Gasteiger charge is -2.32. The predicted octanol–water partition coefficient (Wildman–Crippen LogP) is 4.55. The van der Waals surface area contributed by atoms with Gasteiger partial charge in [0.1, 0.15) is 11.6 Å². The first-order valence-electron chi connectivity index (χ1n) is 9.57. The lowest BCUT2D eigenvalue weighted by Crippen LogP contribution is -2.44. The Kier molecular flexibility index (Phi) is 6.07. The molecular formula is C21H24Cl2N4O. The van der Waals surface area contributed by atoms with Gasteiger partial charge in [-0.2, -0.15) is 0 Å². The Hall–Kier alpha value is -1.79. The highest BCUT2D eigenvalue weighted by Gasteiger charge is 2.13. The van der Waals surface area contributed by atoms with Gasteiger partial charge in [0.15, 0.2) is 0 Å². The van der Waals surface area contributed by atoms with Crippen LogP contribution in [0.25, 0.3) is 22.4 Å². The summed E-state index contributed by atoms with van der Waals surface area (Å²) in [5, 5.41) is 1.28. The van der Waals surface area contributed by atoms with E-state index in [-0.39, 0.29) is 0 Å². The van der Waals surface area contributed by atoms with E-state index in [4.69, 9.17) is 27.9 Å². The number of benzene rings is 2. The van der Waals surface area contributed by atoms with Crippen LogP contribution in [0.3, 0.4) is 0 Å². The first-order valence-corrected chi connectivity index (χ1v) is 10.3. The Morgan fingerprint density at radius 2 is 1.89 bits per heavy atom. The second-order valence-corrected chi connectivity index (χ2v) is 8.08. The Bertz CT molecular complexity index is 951. The van der Waals surface area contributed by atoms with Crippen LogP contribution in [-0.4, -0.2) is 66.1 Å². The molecule has 7 heteroatoms. The number of imidazole rings is 1. The molecule has 0 saturated carbocycles. The zero-order chi connectivity index (χ0) is 19.5. The number of aromatic nitrogens is 2. The SMILES string of the molecule is CN1CCN(CCCOc2ccc(-c3nc4cc(Cl)ccc4[nH]3)c(Cl)c2)CC1. The van der Waals surface area contributed by atoms with E-state index in [0.29, 0.717) is 16.7 Å². The molecule has 28 heavy (non-hydrogen) atoms. The standard InChI is InChI=1S/C21H24Cl2N4O/c1-26-8-10-27(11-9-26)7-2-12-28-16-4-5-17(18(23)14-16)21-24-19-6-3-15(22)13-20(19)25-21/h3-6,13-14H,2,7-12H2,1H3,(H,24,25). The molecule has 1 fully saturated rings. The maximum Gasteiger partial charge on any atom is 0.140 e. The van der Waals surface area contributed by atoms with E-state index in [1.807, 2.05) is 36.4 Å². The largest absolute Gasteiger partial charge is 0.493 e.